The molecule has 1 aromatic heterocycles. The van der Waals surface area contributed by atoms with E-state index in [1.807, 2.05) is 24.0 Å². The second-order valence-electron chi connectivity index (χ2n) is 7.20. The van der Waals surface area contributed by atoms with E-state index in [0.717, 1.165) is 68.4 Å². The minimum absolute atomic E-state index is 0.0925. The summed E-state index contributed by atoms with van der Waals surface area (Å²) in [6.07, 6.45) is 2.62. The van der Waals surface area contributed by atoms with Crippen LogP contribution in [0.25, 0.3) is 0 Å². The van der Waals surface area contributed by atoms with Gasteiger partial charge in [0.2, 0.25) is 5.91 Å². The Bertz CT molecular complexity index is 776. The maximum Gasteiger partial charge on any atom is 0.226 e. The molecule has 1 atom stereocenters. The van der Waals surface area contributed by atoms with Crippen LogP contribution in [0.5, 0.6) is 5.75 Å². The van der Waals surface area contributed by atoms with Crippen molar-refractivity contribution in [2.45, 2.75) is 26.2 Å². The monoisotopic (exact) mass is 354 g/mol. The number of hydrogen-bond donors (Lipinski definition) is 1. The summed E-state index contributed by atoms with van der Waals surface area (Å²) < 4.78 is 5.22. The molecule has 0 spiro atoms. The second-order valence-corrected chi connectivity index (χ2v) is 7.20. The number of anilines is 1. The molecule has 1 aliphatic carbocycles. The molecule has 1 N–H and O–H groups in total. The van der Waals surface area contributed by atoms with Gasteiger partial charge in [0, 0.05) is 49.9 Å². The van der Waals surface area contributed by atoms with Crippen LogP contribution >= 0.6 is 0 Å². The number of hydrogen-bond acceptors (Lipinski definition) is 4. The van der Waals surface area contributed by atoms with E-state index in [-0.39, 0.29) is 5.92 Å². The summed E-state index contributed by atoms with van der Waals surface area (Å²) in [4.78, 5) is 25.2. The summed E-state index contributed by atoms with van der Waals surface area (Å²) in [5.41, 5.74) is 3.49. The van der Waals surface area contributed by atoms with Crippen molar-refractivity contribution in [1.29, 1.82) is 0 Å². The number of ether oxygens (including phenoxy) is 1. The van der Waals surface area contributed by atoms with Gasteiger partial charge in [-0.1, -0.05) is 0 Å². The van der Waals surface area contributed by atoms with E-state index in [1.54, 1.807) is 7.11 Å². The molecule has 1 fully saturated rings. The molecule has 1 saturated heterocycles. The maximum absolute atomic E-state index is 13.0. The van der Waals surface area contributed by atoms with Gasteiger partial charge in [-0.15, -0.1) is 0 Å². The van der Waals surface area contributed by atoms with Crippen molar-refractivity contribution >= 4 is 11.6 Å². The van der Waals surface area contributed by atoms with Gasteiger partial charge in [-0.2, -0.15) is 0 Å². The molecule has 4 rings (SSSR count). The number of aryl methyl sites for hydroxylation is 2. The van der Waals surface area contributed by atoms with Gasteiger partial charge >= 0.3 is 0 Å². The molecule has 0 bridgehead atoms. The SMILES string of the molecule is COc1ccc(N2CCN(C(=O)C3CCc4nc(C)[nH]c4C3)CC2)cc1. The molecule has 1 amide bonds. The van der Waals surface area contributed by atoms with Crippen LogP contribution in [0.2, 0.25) is 0 Å². The number of piperazine rings is 1. The topological polar surface area (TPSA) is 61.5 Å². The van der Waals surface area contributed by atoms with Crippen LogP contribution in [0, 0.1) is 12.8 Å². The van der Waals surface area contributed by atoms with Crippen molar-refractivity contribution in [3.05, 3.63) is 41.5 Å². The first-order valence-electron chi connectivity index (χ1n) is 9.36. The Labute approximate surface area is 154 Å². The van der Waals surface area contributed by atoms with Gasteiger partial charge in [-0.25, -0.2) is 4.98 Å². The maximum atomic E-state index is 13.0. The number of imidazole rings is 1. The molecule has 0 saturated carbocycles. The fraction of sp³-hybridized carbons (Fsp3) is 0.500. The number of nitrogens with zero attached hydrogens (tertiary/aromatic N) is 3. The van der Waals surface area contributed by atoms with E-state index in [9.17, 15) is 4.79 Å². The normalized spacial score (nSPS) is 20.0. The predicted octanol–water partition coefficient (Wildman–Crippen LogP) is 2.18. The van der Waals surface area contributed by atoms with Crippen molar-refractivity contribution in [2.75, 3.05) is 38.2 Å². The smallest absolute Gasteiger partial charge is 0.226 e. The van der Waals surface area contributed by atoms with E-state index >= 15 is 0 Å². The van der Waals surface area contributed by atoms with Crippen LogP contribution in [0.1, 0.15) is 23.6 Å². The number of methoxy groups -OCH3 is 1. The summed E-state index contributed by atoms with van der Waals surface area (Å²) in [5.74, 6) is 2.22. The zero-order valence-electron chi connectivity index (χ0n) is 15.5. The van der Waals surface area contributed by atoms with Gasteiger partial charge in [0.05, 0.1) is 12.8 Å². The number of aromatic nitrogens is 2. The average Bonchev–Trinajstić information content (AvgIpc) is 3.07. The van der Waals surface area contributed by atoms with Gasteiger partial charge in [0.25, 0.3) is 0 Å². The van der Waals surface area contributed by atoms with Gasteiger partial charge in [0.1, 0.15) is 11.6 Å². The molecule has 2 aliphatic rings. The third-order valence-electron chi connectivity index (χ3n) is 5.54. The summed E-state index contributed by atoms with van der Waals surface area (Å²) in [5, 5.41) is 0. The lowest BCUT2D eigenvalue weighted by Gasteiger charge is -2.38. The number of nitrogens with one attached hydrogen (secondary N) is 1. The first kappa shape index (κ1) is 16.9. The third-order valence-corrected chi connectivity index (χ3v) is 5.54. The summed E-state index contributed by atoms with van der Waals surface area (Å²) >= 11 is 0. The Kier molecular flexibility index (Phi) is 4.57. The zero-order valence-corrected chi connectivity index (χ0v) is 15.5. The van der Waals surface area contributed by atoms with Crippen LogP contribution in [0.15, 0.2) is 24.3 Å². The number of carbonyl (C=O) groups is 1. The molecule has 26 heavy (non-hydrogen) atoms. The molecule has 138 valence electrons. The first-order chi connectivity index (χ1) is 12.6. The lowest BCUT2D eigenvalue weighted by Crippen LogP contribution is -2.51. The Hall–Kier alpha value is -2.50. The van der Waals surface area contributed by atoms with E-state index in [0.29, 0.717) is 5.91 Å². The molecule has 1 unspecified atom stereocenters. The number of fused-ring (bicyclic) bond motifs is 1. The number of carbonyl (C=O) groups excluding carboxylic acids is 1. The lowest BCUT2D eigenvalue weighted by molar-refractivity contribution is -0.136. The van der Waals surface area contributed by atoms with Crippen LogP contribution in [0.3, 0.4) is 0 Å². The second kappa shape index (κ2) is 7.02. The van der Waals surface area contributed by atoms with E-state index < -0.39 is 0 Å². The van der Waals surface area contributed by atoms with Crippen molar-refractivity contribution in [2.24, 2.45) is 5.92 Å². The largest absolute Gasteiger partial charge is 0.497 e. The summed E-state index contributed by atoms with van der Waals surface area (Å²) in [7, 11) is 1.68. The molecular formula is C20H26N4O2. The minimum atomic E-state index is 0.0925. The van der Waals surface area contributed by atoms with Gasteiger partial charge in [-0.3, -0.25) is 4.79 Å². The molecule has 1 aliphatic heterocycles. The quantitative estimate of drug-likeness (QED) is 0.918. The molecule has 6 heteroatoms. The fourth-order valence-electron chi connectivity index (χ4n) is 4.07. The molecule has 1 aromatic carbocycles. The average molecular weight is 354 g/mol. The minimum Gasteiger partial charge on any atom is -0.497 e. The molecule has 0 radical (unpaired) electrons. The van der Waals surface area contributed by atoms with Crippen molar-refractivity contribution in [3.63, 3.8) is 0 Å². The molecule has 6 nitrogen and oxygen atoms in total. The standard InChI is InChI=1S/C20H26N4O2/c1-14-21-18-8-3-15(13-19(18)22-14)20(25)24-11-9-23(10-12-24)16-4-6-17(26-2)7-5-16/h4-7,15H,3,8-13H2,1-2H3,(H,21,22). The van der Waals surface area contributed by atoms with Crippen molar-refractivity contribution in [3.8, 4) is 5.75 Å². The van der Waals surface area contributed by atoms with Crippen molar-refractivity contribution in [1.82, 2.24) is 14.9 Å². The number of amides is 1. The number of aromatic amines is 1. The van der Waals surface area contributed by atoms with Gasteiger partial charge < -0.3 is 19.5 Å². The third kappa shape index (κ3) is 3.28. The van der Waals surface area contributed by atoms with Crippen molar-refractivity contribution < 1.29 is 9.53 Å². The Morgan fingerprint density at radius 3 is 2.62 bits per heavy atom. The van der Waals surface area contributed by atoms with E-state index in [2.05, 4.69) is 27.0 Å². The number of benzene rings is 1. The molecular weight excluding hydrogens is 328 g/mol. The van der Waals surface area contributed by atoms with E-state index in [1.165, 1.54) is 5.69 Å². The van der Waals surface area contributed by atoms with Crippen LogP contribution in [-0.4, -0.2) is 54.1 Å². The number of H-pyrrole nitrogens is 1. The fourth-order valence-corrected chi connectivity index (χ4v) is 4.07. The highest BCUT2D eigenvalue weighted by Gasteiger charge is 2.31. The van der Waals surface area contributed by atoms with E-state index in [4.69, 9.17) is 4.74 Å². The first-order valence-corrected chi connectivity index (χ1v) is 9.36. The van der Waals surface area contributed by atoms with Gasteiger partial charge in [0.15, 0.2) is 0 Å². The molecule has 2 heterocycles. The predicted molar refractivity (Wildman–Crippen MR) is 101 cm³/mol. The number of rotatable bonds is 3. The highest BCUT2D eigenvalue weighted by Crippen LogP contribution is 2.26. The molecule has 2 aromatic rings. The highest BCUT2D eigenvalue weighted by atomic mass is 16.5. The Morgan fingerprint density at radius 2 is 1.92 bits per heavy atom. The highest BCUT2D eigenvalue weighted by molar-refractivity contribution is 5.79. The van der Waals surface area contributed by atoms with Crippen LogP contribution < -0.4 is 9.64 Å². The summed E-state index contributed by atoms with van der Waals surface area (Å²) in [6.45, 7) is 5.30. The van der Waals surface area contributed by atoms with Gasteiger partial charge in [-0.05, 0) is 44.0 Å². The summed E-state index contributed by atoms with van der Waals surface area (Å²) in [6, 6.07) is 8.14. The van der Waals surface area contributed by atoms with Crippen LogP contribution in [0.4, 0.5) is 5.69 Å². The zero-order chi connectivity index (χ0) is 18.1. The Balaban J connectivity index is 1.35. The Morgan fingerprint density at radius 1 is 1.19 bits per heavy atom. The lowest BCUT2D eigenvalue weighted by atomic mass is 9.88. The van der Waals surface area contributed by atoms with Crippen LogP contribution in [-0.2, 0) is 17.6 Å².